The van der Waals surface area contributed by atoms with Crippen LogP contribution in [0.3, 0.4) is 0 Å². The van der Waals surface area contributed by atoms with Gasteiger partial charge < -0.3 is 10.1 Å². The quantitative estimate of drug-likeness (QED) is 0.536. The molecule has 0 aromatic heterocycles. The molecular formula is C16H12ClNO4. The maximum absolute atomic E-state index is 12.5. The van der Waals surface area contributed by atoms with Gasteiger partial charge in [0.15, 0.2) is 5.78 Å². The summed E-state index contributed by atoms with van der Waals surface area (Å²) in [5.74, 6) is -2.33. The van der Waals surface area contributed by atoms with E-state index in [-0.39, 0.29) is 17.0 Å². The van der Waals surface area contributed by atoms with E-state index < -0.39 is 11.9 Å². The number of hydrogen-bond acceptors (Lipinski definition) is 4. The van der Waals surface area contributed by atoms with Gasteiger partial charge in [0.05, 0.1) is 12.8 Å². The van der Waals surface area contributed by atoms with Crippen LogP contribution >= 0.6 is 11.6 Å². The second-order valence-corrected chi connectivity index (χ2v) is 4.77. The first-order valence-corrected chi connectivity index (χ1v) is 6.69. The number of nitrogens with one attached hydrogen (secondary N) is 1. The number of esters is 1. The van der Waals surface area contributed by atoms with Gasteiger partial charge in [0, 0.05) is 16.1 Å². The van der Waals surface area contributed by atoms with E-state index in [9.17, 15) is 14.4 Å². The van der Waals surface area contributed by atoms with Crippen LogP contribution in [0, 0.1) is 0 Å². The summed E-state index contributed by atoms with van der Waals surface area (Å²) in [4.78, 5) is 35.3. The number of ketones is 1. The average Bonchev–Trinajstić information content (AvgIpc) is 2.55. The van der Waals surface area contributed by atoms with Gasteiger partial charge in [-0.2, -0.15) is 0 Å². The molecule has 0 aliphatic heterocycles. The van der Waals surface area contributed by atoms with Gasteiger partial charge in [0.2, 0.25) is 0 Å². The molecule has 22 heavy (non-hydrogen) atoms. The van der Waals surface area contributed by atoms with Gasteiger partial charge in [0.25, 0.3) is 0 Å². The molecule has 0 saturated heterocycles. The van der Waals surface area contributed by atoms with Crippen molar-refractivity contribution >= 4 is 34.9 Å². The molecule has 0 unspecified atom stereocenters. The van der Waals surface area contributed by atoms with E-state index in [1.807, 2.05) is 0 Å². The Balaban J connectivity index is 2.38. The van der Waals surface area contributed by atoms with Crippen molar-refractivity contribution in [2.24, 2.45) is 0 Å². The summed E-state index contributed by atoms with van der Waals surface area (Å²) in [6, 6.07) is 12.9. The van der Waals surface area contributed by atoms with Crippen LogP contribution in [0.1, 0.15) is 15.9 Å². The van der Waals surface area contributed by atoms with Crippen molar-refractivity contribution in [3.63, 3.8) is 0 Å². The summed E-state index contributed by atoms with van der Waals surface area (Å²) in [5.41, 5.74) is 0.822. The molecule has 112 valence electrons. The summed E-state index contributed by atoms with van der Waals surface area (Å²) in [6.07, 6.45) is 0. The SMILES string of the molecule is COC(=O)C(=O)Nc1ccc(Cl)cc1C(=O)c1ccccc1. The van der Waals surface area contributed by atoms with E-state index >= 15 is 0 Å². The van der Waals surface area contributed by atoms with Crippen LogP contribution < -0.4 is 5.32 Å². The van der Waals surface area contributed by atoms with E-state index in [4.69, 9.17) is 11.6 Å². The third kappa shape index (κ3) is 3.51. The molecule has 2 aromatic rings. The van der Waals surface area contributed by atoms with Crippen LogP contribution in [-0.4, -0.2) is 24.8 Å². The third-order valence-corrected chi connectivity index (χ3v) is 3.12. The van der Waals surface area contributed by atoms with E-state index in [0.717, 1.165) is 7.11 Å². The van der Waals surface area contributed by atoms with Gasteiger partial charge >= 0.3 is 11.9 Å². The second-order valence-electron chi connectivity index (χ2n) is 4.33. The molecule has 0 radical (unpaired) electrons. The Hall–Kier alpha value is -2.66. The highest BCUT2D eigenvalue weighted by atomic mass is 35.5. The molecule has 2 rings (SSSR count). The van der Waals surface area contributed by atoms with Gasteiger partial charge in [-0.3, -0.25) is 9.59 Å². The van der Waals surface area contributed by atoms with Crippen LogP contribution in [0.4, 0.5) is 5.69 Å². The zero-order valence-corrected chi connectivity index (χ0v) is 12.4. The van der Waals surface area contributed by atoms with Crippen molar-refractivity contribution in [2.45, 2.75) is 0 Å². The summed E-state index contributed by atoms with van der Waals surface area (Å²) in [5, 5.41) is 2.69. The molecule has 5 nitrogen and oxygen atoms in total. The smallest absolute Gasteiger partial charge is 0.396 e. The summed E-state index contributed by atoms with van der Waals surface area (Å²) in [7, 11) is 1.10. The van der Waals surface area contributed by atoms with E-state index in [1.165, 1.54) is 18.2 Å². The Morgan fingerprint density at radius 1 is 1.05 bits per heavy atom. The Kier molecular flexibility index (Phi) is 4.91. The summed E-state index contributed by atoms with van der Waals surface area (Å²) < 4.78 is 4.33. The van der Waals surface area contributed by atoms with Crippen LogP contribution in [0.5, 0.6) is 0 Å². The molecule has 1 amide bonds. The predicted octanol–water partition coefficient (Wildman–Crippen LogP) is 2.68. The fourth-order valence-electron chi connectivity index (χ4n) is 1.82. The Labute approximate surface area is 131 Å². The van der Waals surface area contributed by atoms with Crippen molar-refractivity contribution in [1.29, 1.82) is 0 Å². The Morgan fingerprint density at radius 3 is 2.36 bits per heavy atom. The minimum absolute atomic E-state index is 0.189. The first-order valence-electron chi connectivity index (χ1n) is 6.31. The van der Waals surface area contributed by atoms with Gasteiger partial charge in [-0.15, -0.1) is 0 Å². The van der Waals surface area contributed by atoms with Crippen LogP contribution in [-0.2, 0) is 14.3 Å². The van der Waals surface area contributed by atoms with Crippen LogP contribution in [0.2, 0.25) is 5.02 Å². The summed E-state index contributed by atoms with van der Waals surface area (Å²) in [6.45, 7) is 0. The first-order chi connectivity index (χ1) is 10.5. The Morgan fingerprint density at radius 2 is 1.73 bits per heavy atom. The molecule has 0 spiro atoms. The lowest BCUT2D eigenvalue weighted by atomic mass is 10.0. The minimum Gasteiger partial charge on any atom is -0.462 e. The number of halogens is 1. The number of anilines is 1. The minimum atomic E-state index is -1.05. The van der Waals surface area contributed by atoms with Gasteiger partial charge in [-0.1, -0.05) is 41.9 Å². The van der Waals surface area contributed by atoms with Gasteiger partial charge in [-0.25, -0.2) is 4.79 Å². The molecule has 1 N–H and O–H groups in total. The molecule has 0 aliphatic rings. The molecule has 0 saturated carbocycles. The lowest BCUT2D eigenvalue weighted by molar-refractivity contribution is -0.150. The number of rotatable bonds is 3. The number of carbonyl (C=O) groups is 3. The molecule has 2 aromatic carbocycles. The largest absolute Gasteiger partial charge is 0.462 e. The van der Waals surface area contributed by atoms with Crippen LogP contribution in [0.15, 0.2) is 48.5 Å². The van der Waals surface area contributed by atoms with Gasteiger partial charge in [0.1, 0.15) is 0 Å². The standard InChI is InChI=1S/C16H12ClNO4/c1-22-16(21)15(20)18-13-8-7-11(17)9-12(13)14(19)10-5-3-2-4-6-10/h2-9H,1H3,(H,18,20). The number of benzene rings is 2. The van der Waals surface area contributed by atoms with E-state index in [1.54, 1.807) is 30.3 Å². The molecular weight excluding hydrogens is 306 g/mol. The average molecular weight is 318 g/mol. The predicted molar refractivity (Wildman–Crippen MR) is 82.0 cm³/mol. The fraction of sp³-hybridized carbons (Fsp3) is 0.0625. The number of methoxy groups -OCH3 is 1. The molecule has 0 atom stereocenters. The van der Waals surface area contributed by atoms with E-state index in [2.05, 4.69) is 10.1 Å². The van der Waals surface area contributed by atoms with Crippen molar-refractivity contribution in [3.8, 4) is 0 Å². The lowest BCUT2D eigenvalue weighted by Gasteiger charge is -2.10. The summed E-state index contributed by atoms with van der Waals surface area (Å²) >= 11 is 5.92. The molecule has 6 heteroatoms. The highest BCUT2D eigenvalue weighted by Gasteiger charge is 2.19. The number of carbonyl (C=O) groups excluding carboxylic acids is 3. The van der Waals surface area contributed by atoms with Crippen LogP contribution in [0.25, 0.3) is 0 Å². The molecule has 0 fully saturated rings. The molecule has 0 aliphatic carbocycles. The first kappa shape index (κ1) is 15.7. The topological polar surface area (TPSA) is 72.5 Å². The maximum Gasteiger partial charge on any atom is 0.396 e. The fourth-order valence-corrected chi connectivity index (χ4v) is 2.00. The van der Waals surface area contributed by atoms with Crippen molar-refractivity contribution in [2.75, 3.05) is 12.4 Å². The number of ether oxygens (including phenoxy) is 1. The van der Waals surface area contributed by atoms with Crippen molar-refractivity contribution < 1.29 is 19.1 Å². The van der Waals surface area contributed by atoms with Gasteiger partial charge in [-0.05, 0) is 18.2 Å². The zero-order valence-electron chi connectivity index (χ0n) is 11.6. The highest BCUT2D eigenvalue weighted by Crippen LogP contribution is 2.23. The molecule has 0 bridgehead atoms. The maximum atomic E-state index is 12.5. The lowest BCUT2D eigenvalue weighted by Crippen LogP contribution is -2.25. The third-order valence-electron chi connectivity index (χ3n) is 2.88. The second kappa shape index (κ2) is 6.87. The van der Waals surface area contributed by atoms with Crippen molar-refractivity contribution in [1.82, 2.24) is 0 Å². The molecule has 0 heterocycles. The van der Waals surface area contributed by atoms with Crippen molar-refractivity contribution in [3.05, 3.63) is 64.7 Å². The normalized spacial score (nSPS) is 9.91. The monoisotopic (exact) mass is 317 g/mol. The number of hydrogen-bond donors (Lipinski definition) is 1. The Bertz CT molecular complexity index is 728. The zero-order chi connectivity index (χ0) is 16.1. The highest BCUT2D eigenvalue weighted by molar-refractivity contribution is 6.38. The number of amides is 1. The van der Waals surface area contributed by atoms with E-state index in [0.29, 0.717) is 10.6 Å².